The molecule has 0 N–H and O–H groups in total. The van der Waals surface area contributed by atoms with E-state index < -0.39 is 6.61 Å². The summed E-state index contributed by atoms with van der Waals surface area (Å²) >= 11 is 0. The number of nitrogens with zero attached hydrogens (tertiary/aromatic N) is 1. The fourth-order valence-electron chi connectivity index (χ4n) is 2.31. The SMILES string of the molecule is CCCCCCc1ccc(-c2ccc(OC(F)F)cc2)nc1. The van der Waals surface area contributed by atoms with Gasteiger partial charge in [-0.05, 0) is 48.7 Å². The maximum atomic E-state index is 12.1. The van der Waals surface area contributed by atoms with E-state index in [1.807, 2.05) is 12.3 Å². The first-order valence-electron chi connectivity index (χ1n) is 7.69. The number of rotatable bonds is 8. The second kappa shape index (κ2) is 8.47. The van der Waals surface area contributed by atoms with E-state index >= 15 is 0 Å². The van der Waals surface area contributed by atoms with E-state index in [1.54, 1.807) is 12.1 Å². The van der Waals surface area contributed by atoms with Gasteiger partial charge in [-0.2, -0.15) is 8.78 Å². The molecule has 0 amide bonds. The zero-order valence-corrected chi connectivity index (χ0v) is 12.8. The van der Waals surface area contributed by atoms with E-state index in [0.29, 0.717) is 0 Å². The largest absolute Gasteiger partial charge is 0.435 e. The van der Waals surface area contributed by atoms with Gasteiger partial charge in [-0.1, -0.05) is 32.3 Å². The fourth-order valence-corrected chi connectivity index (χ4v) is 2.31. The molecule has 1 aromatic heterocycles. The number of aromatic nitrogens is 1. The first-order valence-corrected chi connectivity index (χ1v) is 7.69. The van der Waals surface area contributed by atoms with Crippen molar-refractivity contribution in [2.45, 2.75) is 45.6 Å². The summed E-state index contributed by atoms with van der Waals surface area (Å²) in [5.41, 5.74) is 2.96. The third-order valence-corrected chi connectivity index (χ3v) is 3.52. The molecule has 0 aliphatic heterocycles. The van der Waals surface area contributed by atoms with Crippen molar-refractivity contribution in [2.24, 2.45) is 0 Å². The van der Waals surface area contributed by atoms with E-state index in [4.69, 9.17) is 0 Å². The predicted molar refractivity (Wildman–Crippen MR) is 84.2 cm³/mol. The fraction of sp³-hybridized carbons (Fsp3) is 0.389. The molecule has 0 saturated carbocycles. The minimum atomic E-state index is -2.80. The lowest BCUT2D eigenvalue weighted by atomic mass is 10.1. The highest BCUT2D eigenvalue weighted by atomic mass is 19.3. The number of alkyl halides is 2. The summed E-state index contributed by atoms with van der Waals surface area (Å²) in [4.78, 5) is 4.45. The van der Waals surface area contributed by atoms with Gasteiger partial charge in [-0.25, -0.2) is 0 Å². The van der Waals surface area contributed by atoms with Crippen LogP contribution in [0.2, 0.25) is 0 Å². The summed E-state index contributed by atoms with van der Waals surface area (Å²) in [6.45, 7) is -0.593. The van der Waals surface area contributed by atoms with Crippen molar-refractivity contribution in [1.82, 2.24) is 4.98 Å². The van der Waals surface area contributed by atoms with Crippen molar-refractivity contribution in [1.29, 1.82) is 0 Å². The van der Waals surface area contributed by atoms with E-state index in [2.05, 4.69) is 22.7 Å². The zero-order chi connectivity index (χ0) is 15.8. The van der Waals surface area contributed by atoms with Crippen LogP contribution in [0.4, 0.5) is 8.78 Å². The van der Waals surface area contributed by atoms with Crippen LogP contribution in [0.3, 0.4) is 0 Å². The molecule has 2 rings (SSSR count). The monoisotopic (exact) mass is 305 g/mol. The molecule has 0 saturated heterocycles. The van der Waals surface area contributed by atoms with E-state index in [1.165, 1.54) is 43.4 Å². The van der Waals surface area contributed by atoms with Crippen molar-refractivity contribution in [3.8, 4) is 17.0 Å². The van der Waals surface area contributed by atoms with Crippen molar-refractivity contribution in [2.75, 3.05) is 0 Å². The first-order chi connectivity index (χ1) is 10.7. The van der Waals surface area contributed by atoms with Crippen LogP contribution in [-0.2, 0) is 6.42 Å². The lowest BCUT2D eigenvalue weighted by Gasteiger charge is -2.06. The molecular weight excluding hydrogens is 284 g/mol. The summed E-state index contributed by atoms with van der Waals surface area (Å²) in [6, 6.07) is 10.6. The van der Waals surface area contributed by atoms with Crippen molar-refractivity contribution < 1.29 is 13.5 Å². The summed E-state index contributed by atoms with van der Waals surface area (Å²) in [5.74, 6) is 0.159. The smallest absolute Gasteiger partial charge is 0.387 e. The number of ether oxygens (including phenoxy) is 1. The number of halogens is 2. The van der Waals surface area contributed by atoms with Gasteiger partial charge in [0.25, 0.3) is 0 Å². The van der Waals surface area contributed by atoms with Crippen LogP contribution < -0.4 is 4.74 Å². The lowest BCUT2D eigenvalue weighted by Crippen LogP contribution is -2.01. The molecule has 0 radical (unpaired) electrons. The molecular formula is C18H21F2NO. The molecule has 0 unspecified atom stereocenters. The molecule has 2 aromatic rings. The molecule has 0 spiro atoms. The van der Waals surface area contributed by atoms with E-state index in [0.717, 1.165) is 17.7 Å². The van der Waals surface area contributed by atoms with Gasteiger partial charge in [0.15, 0.2) is 0 Å². The quantitative estimate of drug-likeness (QED) is 0.603. The Labute approximate surface area is 130 Å². The molecule has 4 heteroatoms. The van der Waals surface area contributed by atoms with Gasteiger partial charge in [-0.3, -0.25) is 4.98 Å². The molecule has 0 bridgehead atoms. The van der Waals surface area contributed by atoms with Gasteiger partial charge < -0.3 is 4.74 Å². The molecule has 2 nitrogen and oxygen atoms in total. The van der Waals surface area contributed by atoms with Gasteiger partial charge in [0.05, 0.1) is 5.69 Å². The highest BCUT2D eigenvalue weighted by molar-refractivity contribution is 5.60. The Morgan fingerprint density at radius 3 is 2.36 bits per heavy atom. The van der Waals surface area contributed by atoms with E-state index in [9.17, 15) is 8.78 Å². The average molecular weight is 305 g/mol. The van der Waals surface area contributed by atoms with Crippen LogP contribution in [0.25, 0.3) is 11.3 Å². The number of pyridine rings is 1. The molecule has 0 aliphatic rings. The van der Waals surface area contributed by atoms with Gasteiger partial charge >= 0.3 is 6.61 Å². The third kappa shape index (κ3) is 5.10. The highest BCUT2D eigenvalue weighted by Gasteiger charge is 2.05. The van der Waals surface area contributed by atoms with Gasteiger partial charge in [0, 0.05) is 11.8 Å². The normalized spacial score (nSPS) is 10.9. The number of benzene rings is 1. The molecule has 0 fully saturated rings. The number of aryl methyl sites for hydroxylation is 1. The molecule has 22 heavy (non-hydrogen) atoms. The number of unbranched alkanes of at least 4 members (excludes halogenated alkanes) is 3. The Balaban J connectivity index is 1.95. The minimum Gasteiger partial charge on any atom is -0.435 e. The summed E-state index contributed by atoms with van der Waals surface area (Å²) in [6.07, 6.45) is 7.90. The first kappa shape index (κ1) is 16.4. The standard InChI is InChI=1S/C18H21F2NO/c1-2-3-4-5-6-14-7-12-17(21-13-14)15-8-10-16(11-9-15)22-18(19)20/h7-13,18H,2-6H2,1H3. The van der Waals surface area contributed by atoms with Crippen LogP contribution in [0.15, 0.2) is 42.6 Å². The third-order valence-electron chi connectivity index (χ3n) is 3.52. The average Bonchev–Trinajstić information content (AvgIpc) is 2.52. The molecule has 1 heterocycles. The van der Waals surface area contributed by atoms with Gasteiger partial charge in [0.1, 0.15) is 5.75 Å². The maximum absolute atomic E-state index is 12.1. The lowest BCUT2D eigenvalue weighted by molar-refractivity contribution is -0.0498. The second-order valence-corrected chi connectivity index (χ2v) is 5.27. The van der Waals surface area contributed by atoms with Crippen molar-refractivity contribution in [3.63, 3.8) is 0 Å². The molecule has 1 aromatic carbocycles. The summed E-state index contributed by atoms with van der Waals surface area (Å²) in [7, 11) is 0. The highest BCUT2D eigenvalue weighted by Crippen LogP contribution is 2.22. The second-order valence-electron chi connectivity index (χ2n) is 5.27. The van der Waals surface area contributed by atoms with Crippen molar-refractivity contribution in [3.05, 3.63) is 48.2 Å². The maximum Gasteiger partial charge on any atom is 0.387 e. The van der Waals surface area contributed by atoms with Crippen molar-refractivity contribution >= 4 is 0 Å². The van der Waals surface area contributed by atoms with E-state index in [-0.39, 0.29) is 5.75 Å². The summed E-state index contributed by atoms with van der Waals surface area (Å²) < 4.78 is 28.5. The number of hydrogen-bond acceptors (Lipinski definition) is 2. The molecule has 0 atom stereocenters. The Morgan fingerprint density at radius 1 is 1.00 bits per heavy atom. The molecule has 0 aliphatic carbocycles. The van der Waals surface area contributed by atoms with Gasteiger partial charge in [0.2, 0.25) is 0 Å². The predicted octanol–water partition coefficient (Wildman–Crippen LogP) is 5.47. The Morgan fingerprint density at radius 2 is 1.77 bits per heavy atom. The summed E-state index contributed by atoms with van der Waals surface area (Å²) in [5, 5.41) is 0. The van der Waals surface area contributed by atoms with Crippen LogP contribution in [0.1, 0.15) is 38.2 Å². The topological polar surface area (TPSA) is 22.1 Å². The van der Waals surface area contributed by atoms with Crippen LogP contribution >= 0.6 is 0 Å². The Bertz CT molecular complexity index is 552. The Kier molecular flexibility index (Phi) is 6.31. The minimum absolute atomic E-state index is 0.159. The van der Waals surface area contributed by atoms with Crippen LogP contribution in [0, 0.1) is 0 Å². The molecule has 118 valence electrons. The Hall–Kier alpha value is -1.97. The zero-order valence-electron chi connectivity index (χ0n) is 12.8. The van der Waals surface area contributed by atoms with Crippen LogP contribution in [0.5, 0.6) is 5.75 Å². The number of hydrogen-bond donors (Lipinski definition) is 0. The van der Waals surface area contributed by atoms with Crippen LogP contribution in [-0.4, -0.2) is 11.6 Å². The van der Waals surface area contributed by atoms with Gasteiger partial charge in [-0.15, -0.1) is 0 Å².